The highest BCUT2D eigenvalue weighted by molar-refractivity contribution is 6.04. The lowest BCUT2D eigenvalue weighted by atomic mass is 9.88. The Balaban J connectivity index is 1.81. The third-order valence-corrected chi connectivity index (χ3v) is 5.75. The Kier molecular flexibility index (Phi) is 5.77. The fourth-order valence-corrected chi connectivity index (χ4v) is 4.31. The van der Waals surface area contributed by atoms with Crippen LogP contribution < -0.4 is 16.4 Å². The van der Waals surface area contributed by atoms with Gasteiger partial charge in [-0.3, -0.25) is 9.59 Å². The smallest absolute Gasteiger partial charge is 0.247 e. The van der Waals surface area contributed by atoms with Crippen LogP contribution in [-0.2, 0) is 16.6 Å². The van der Waals surface area contributed by atoms with Gasteiger partial charge in [-0.2, -0.15) is 0 Å². The first-order valence-corrected chi connectivity index (χ1v) is 10.5. The zero-order chi connectivity index (χ0) is 22.8. The standard InChI is InChI=1S/C24H26N6O2/c1-4-19(32)29-18-11-7-16(8-12-18)22-20(15-5-9-17(10-6-15)28-14(2)31)21-23(25)26-13-27-24(21)30(22)3/h4-5,7-8,11-13,17H,1,6,9-10H2,2-3H3,(H,28,31)(H,29,32)(H2,25,26,27). The van der Waals surface area contributed by atoms with E-state index in [0.717, 1.165) is 52.7 Å². The summed E-state index contributed by atoms with van der Waals surface area (Å²) in [5.41, 5.74) is 11.9. The molecule has 32 heavy (non-hydrogen) atoms. The van der Waals surface area contributed by atoms with E-state index in [1.807, 2.05) is 35.9 Å². The van der Waals surface area contributed by atoms with E-state index in [-0.39, 0.29) is 17.9 Å². The lowest BCUT2D eigenvalue weighted by molar-refractivity contribution is -0.119. The molecule has 8 nitrogen and oxygen atoms in total. The monoisotopic (exact) mass is 430 g/mol. The fraction of sp³-hybridized carbons (Fsp3) is 0.250. The highest BCUT2D eigenvalue weighted by atomic mass is 16.2. The topological polar surface area (TPSA) is 115 Å². The number of allylic oxidation sites excluding steroid dienone is 1. The number of amides is 2. The summed E-state index contributed by atoms with van der Waals surface area (Å²) in [6.45, 7) is 5.02. The number of nitrogens with two attached hydrogens (primary N) is 1. The molecule has 0 spiro atoms. The van der Waals surface area contributed by atoms with Crippen molar-refractivity contribution in [3.8, 4) is 11.3 Å². The zero-order valence-corrected chi connectivity index (χ0v) is 18.2. The summed E-state index contributed by atoms with van der Waals surface area (Å²) in [5, 5.41) is 6.60. The first-order chi connectivity index (χ1) is 15.4. The molecule has 164 valence electrons. The Hall–Kier alpha value is -3.94. The minimum absolute atomic E-state index is 0.0148. The van der Waals surface area contributed by atoms with Crippen LogP contribution in [0.4, 0.5) is 11.5 Å². The molecule has 1 aromatic carbocycles. The summed E-state index contributed by atoms with van der Waals surface area (Å²) >= 11 is 0. The number of aromatic nitrogens is 3. The molecule has 2 aromatic heterocycles. The second kappa shape index (κ2) is 8.66. The summed E-state index contributed by atoms with van der Waals surface area (Å²) in [6, 6.07) is 7.77. The molecule has 4 rings (SSSR count). The van der Waals surface area contributed by atoms with Gasteiger partial charge in [0.1, 0.15) is 17.8 Å². The van der Waals surface area contributed by atoms with Crippen LogP contribution in [0.25, 0.3) is 27.9 Å². The Morgan fingerprint density at radius 1 is 1.25 bits per heavy atom. The first-order valence-electron chi connectivity index (χ1n) is 10.5. The van der Waals surface area contributed by atoms with Crippen molar-refractivity contribution in [1.82, 2.24) is 19.9 Å². The highest BCUT2D eigenvalue weighted by Crippen LogP contribution is 2.42. The third kappa shape index (κ3) is 3.99. The van der Waals surface area contributed by atoms with Crippen LogP contribution in [0.15, 0.2) is 49.3 Å². The summed E-state index contributed by atoms with van der Waals surface area (Å²) < 4.78 is 2.03. The number of hydrogen-bond acceptors (Lipinski definition) is 5. The minimum Gasteiger partial charge on any atom is -0.383 e. The van der Waals surface area contributed by atoms with Gasteiger partial charge >= 0.3 is 0 Å². The molecule has 4 N–H and O–H groups in total. The van der Waals surface area contributed by atoms with E-state index in [2.05, 4.69) is 33.3 Å². The lowest BCUT2D eigenvalue weighted by Crippen LogP contribution is -2.33. The molecule has 0 fully saturated rings. The maximum atomic E-state index is 11.6. The predicted molar refractivity (Wildman–Crippen MR) is 127 cm³/mol. The van der Waals surface area contributed by atoms with Crippen LogP contribution in [-0.4, -0.2) is 32.4 Å². The molecule has 0 radical (unpaired) electrons. The van der Waals surface area contributed by atoms with Crippen molar-refractivity contribution in [2.45, 2.75) is 32.2 Å². The summed E-state index contributed by atoms with van der Waals surface area (Å²) in [4.78, 5) is 31.8. The van der Waals surface area contributed by atoms with Gasteiger partial charge in [0.2, 0.25) is 11.8 Å². The summed E-state index contributed by atoms with van der Waals surface area (Å²) in [6.07, 6.45) is 7.29. The van der Waals surface area contributed by atoms with E-state index in [1.165, 1.54) is 12.4 Å². The number of rotatable bonds is 5. The van der Waals surface area contributed by atoms with Crippen molar-refractivity contribution in [2.75, 3.05) is 11.1 Å². The normalized spacial score (nSPS) is 15.8. The number of nitrogens with one attached hydrogen (secondary N) is 2. The van der Waals surface area contributed by atoms with Crippen LogP contribution in [0.1, 0.15) is 31.7 Å². The minimum atomic E-state index is -0.257. The van der Waals surface area contributed by atoms with Crippen LogP contribution in [0.2, 0.25) is 0 Å². The number of hydrogen-bond donors (Lipinski definition) is 3. The van der Waals surface area contributed by atoms with E-state index in [9.17, 15) is 9.59 Å². The highest BCUT2D eigenvalue weighted by Gasteiger charge is 2.25. The molecular formula is C24H26N6O2. The average Bonchev–Trinajstić information content (AvgIpc) is 3.08. The Labute approximate surface area is 186 Å². The zero-order valence-electron chi connectivity index (χ0n) is 18.2. The van der Waals surface area contributed by atoms with Gasteiger partial charge in [0.25, 0.3) is 0 Å². The summed E-state index contributed by atoms with van der Waals surface area (Å²) in [7, 11) is 1.96. The van der Waals surface area contributed by atoms with Crippen LogP contribution >= 0.6 is 0 Å². The van der Waals surface area contributed by atoms with Crippen molar-refractivity contribution < 1.29 is 9.59 Å². The molecular weight excluding hydrogens is 404 g/mol. The largest absolute Gasteiger partial charge is 0.383 e. The van der Waals surface area contributed by atoms with E-state index < -0.39 is 0 Å². The van der Waals surface area contributed by atoms with Gasteiger partial charge in [0.05, 0.1) is 11.1 Å². The third-order valence-electron chi connectivity index (χ3n) is 5.75. The van der Waals surface area contributed by atoms with Crippen LogP contribution in [0.3, 0.4) is 0 Å². The van der Waals surface area contributed by atoms with Gasteiger partial charge in [-0.15, -0.1) is 0 Å². The molecule has 1 atom stereocenters. The first kappa shape index (κ1) is 21.3. The predicted octanol–water partition coefficient (Wildman–Crippen LogP) is 3.41. The molecule has 1 aliphatic rings. The Morgan fingerprint density at radius 2 is 2.00 bits per heavy atom. The fourth-order valence-electron chi connectivity index (χ4n) is 4.31. The second-order valence-electron chi connectivity index (χ2n) is 7.91. The number of nitrogen functional groups attached to an aromatic ring is 1. The SMILES string of the molecule is C=CC(=O)Nc1ccc(-c2c(C3=CCC(NC(C)=O)CC3)c3c(N)ncnc3n2C)cc1. The maximum absolute atomic E-state index is 11.6. The van der Waals surface area contributed by atoms with Gasteiger partial charge in [-0.05, 0) is 48.6 Å². The molecule has 0 bridgehead atoms. The van der Waals surface area contributed by atoms with Gasteiger partial charge in [0.15, 0.2) is 0 Å². The average molecular weight is 431 g/mol. The maximum Gasteiger partial charge on any atom is 0.247 e. The lowest BCUT2D eigenvalue weighted by Gasteiger charge is -2.23. The van der Waals surface area contributed by atoms with Crippen molar-refractivity contribution in [2.24, 2.45) is 7.05 Å². The number of carbonyl (C=O) groups is 2. The van der Waals surface area contributed by atoms with Crippen molar-refractivity contribution in [3.05, 3.63) is 54.9 Å². The molecule has 1 aliphatic carbocycles. The Bertz CT molecular complexity index is 1240. The van der Waals surface area contributed by atoms with Crippen molar-refractivity contribution >= 4 is 39.9 Å². The Morgan fingerprint density at radius 3 is 2.62 bits per heavy atom. The molecule has 0 saturated carbocycles. The van der Waals surface area contributed by atoms with Gasteiger partial charge in [0, 0.05) is 31.3 Å². The molecule has 0 saturated heterocycles. The van der Waals surface area contributed by atoms with Crippen molar-refractivity contribution in [3.63, 3.8) is 0 Å². The number of aryl methyl sites for hydroxylation is 1. The van der Waals surface area contributed by atoms with Gasteiger partial charge < -0.3 is 20.9 Å². The molecule has 2 heterocycles. The van der Waals surface area contributed by atoms with E-state index >= 15 is 0 Å². The molecule has 1 unspecified atom stereocenters. The second-order valence-corrected chi connectivity index (χ2v) is 7.91. The number of fused-ring (bicyclic) bond motifs is 1. The molecule has 3 aromatic rings. The van der Waals surface area contributed by atoms with E-state index in [4.69, 9.17) is 5.73 Å². The van der Waals surface area contributed by atoms with Crippen molar-refractivity contribution in [1.29, 1.82) is 0 Å². The number of nitrogens with zero attached hydrogens (tertiary/aromatic N) is 3. The molecule has 8 heteroatoms. The van der Waals surface area contributed by atoms with E-state index in [0.29, 0.717) is 11.5 Å². The van der Waals surface area contributed by atoms with Gasteiger partial charge in [-0.25, -0.2) is 9.97 Å². The van der Waals surface area contributed by atoms with E-state index in [1.54, 1.807) is 6.92 Å². The molecule has 0 aliphatic heterocycles. The number of benzene rings is 1. The quantitative estimate of drug-likeness (QED) is 0.537. The number of carbonyl (C=O) groups excluding carboxylic acids is 2. The van der Waals surface area contributed by atoms with Crippen LogP contribution in [0, 0.1) is 0 Å². The van der Waals surface area contributed by atoms with Crippen LogP contribution in [0.5, 0.6) is 0 Å². The number of anilines is 2. The molecule has 2 amide bonds. The van der Waals surface area contributed by atoms with Gasteiger partial charge in [-0.1, -0.05) is 24.8 Å². The summed E-state index contributed by atoms with van der Waals surface area (Å²) in [5.74, 6) is 0.165.